The highest BCUT2D eigenvalue weighted by Gasteiger charge is 2.36. The average Bonchev–Trinajstić information content (AvgIpc) is 2.21. The Balaban J connectivity index is 2.64. The number of alkyl halides is 3. The molecule has 1 aliphatic rings. The number of carbonyl (C=O) groups is 1. The molecular formula is C14H24F3NO. The van der Waals surface area contributed by atoms with Crippen molar-refractivity contribution in [2.45, 2.75) is 46.2 Å². The van der Waals surface area contributed by atoms with Crippen molar-refractivity contribution in [3.8, 4) is 0 Å². The molecule has 0 saturated heterocycles. The predicted molar refractivity (Wildman–Crippen MR) is 68.8 cm³/mol. The lowest BCUT2D eigenvalue weighted by molar-refractivity contribution is -0.151. The molecule has 0 bridgehead atoms. The Kier molecular flexibility index (Phi) is 5.83. The van der Waals surface area contributed by atoms with Crippen LogP contribution in [0.3, 0.4) is 0 Å². The van der Waals surface area contributed by atoms with Gasteiger partial charge in [0.05, 0.1) is 6.54 Å². The van der Waals surface area contributed by atoms with Crippen molar-refractivity contribution in [2.24, 2.45) is 17.8 Å². The van der Waals surface area contributed by atoms with Crippen molar-refractivity contribution < 1.29 is 18.0 Å². The maximum atomic E-state index is 12.5. The van der Waals surface area contributed by atoms with E-state index in [1.54, 1.807) is 0 Å². The minimum absolute atomic E-state index is 0.134. The first-order valence-electron chi connectivity index (χ1n) is 7.04. The van der Waals surface area contributed by atoms with Crippen molar-refractivity contribution in [2.75, 3.05) is 19.6 Å². The van der Waals surface area contributed by atoms with Crippen LogP contribution in [0.15, 0.2) is 0 Å². The summed E-state index contributed by atoms with van der Waals surface area (Å²) in [6, 6.07) is 0. The summed E-state index contributed by atoms with van der Waals surface area (Å²) in [7, 11) is 0. The van der Waals surface area contributed by atoms with Crippen molar-refractivity contribution in [1.29, 1.82) is 0 Å². The fourth-order valence-corrected chi connectivity index (χ4v) is 3.06. The zero-order chi connectivity index (χ0) is 14.6. The van der Waals surface area contributed by atoms with Crippen LogP contribution in [-0.2, 0) is 4.79 Å². The molecule has 0 aromatic rings. The molecule has 2 nitrogen and oxygen atoms in total. The molecule has 3 unspecified atom stereocenters. The minimum Gasteiger partial charge on any atom is -0.299 e. The van der Waals surface area contributed by atoms with Crippen LogP contribution in [0.2, 0.25) is 0 Å². The van der Waals surface area contributed by atoms with Gasteiger partial charge in [0.25, 0.3) is 0 Å². The first-order valence-corrected chi connectivity index (χ1v) is 7.04. The van der Waals surface area contributed by atoms with Crippen LogP contribution in [-0.4, -0.2) is 36.5 Å². The number of nitrogens with zero attached hydrogens (tertiary/aromatic N) is 1. The summed E-state index contributed by atoms with van der Waals surface area (Å²) in [4.78, 5) is 13.4. The third-order valence-corrected chi connectivity index (χ3v) is 3.82. The van der Waals surface area contributed by atoms with Crippen LogP contribution in [0.4, 0.5) is 13.2 Å². The number of carbonyl (C=O) groups excluding carboxylic acids is 1. The molecule has 1 aliphatic carbocycles. The van der Waals surface area contributed by atoms with E-state index in [0.717, 1.165) is 6.42 Å². The van der Waals surface area contributed by atoms with Gasteiger partial charge in [0.2, 0.25) is 0 Å². The fourth-order valence-electron chi connectivity index (χ4n) is 3.06. The highest BCUT2D eigenvalue weighted by Crippen LogP contribution is 2.32. The molecule has 5 heteroatoms. The van der Waals surface area contributed by atoms with Crippen LogP contribution < -0.4 is 0 Å². The van der Waals surface area contributed by atoms with E-state index in [1.807, 2.05) is 20.8 Å². The van der Waals surface area contributed by atoms with Gasteiger partial charge in [-0.2, -0.15) is 13.2 Å². The van der Waals surface area contributed by atoms with Gasteiger partial charge < -0.3 is 0 Å². The normalized spacial score (nSPS) is 29.0. The fraction of sp³-hybridized carbons (Fsp3) is 0.929. The summed E-state index contributed by atoms with van der Waals surface area (Å²) < 4.78 is 37.5. The Hall–Kier alpha value is -0.580. The van der Waals surface area contributed by atoms with Crippen molar-refractivity contribution in [3.05, 3.63) is 0 Å². The minimum atomic E-state index is -4.19. The van der Waals surface area contributed by atoms with Gasteiger partial charge >= 0.3 is 6.18 Å². The van der Waals surface area contributed by atoms with E-state index in [0.29, 0.717) is 25.3 Å². The lowest BCUT2D eigenvalue weighted by Gasteiger charge is -2.35. The summed E-state index contributed by atoms with van der Waals surface area (Å²) in [6.07, 6.45) is -2.07. The lowest BCUT2D eigenvalue weighted by Crippen LogP contribution is -2.43. The van der Waals surface area contributed by atoms with E-state index >= 15 is 0 Å². The monoisotopic (exact) mass is 279 g/mol. The van der Waals surface area contributed by atoms with E-state index in [2.05, 4.69) is 0 Å². The van der Waals surface area contributed by atoms with Gasteiger partial charge in [-0.25, -0.2) is 0 Å². The van der Waals surface area contributed by atoms with Gasteiger partial charge in [-0.1, -0.05) is 20.8 Å². The van der Waals surface area contributed by atoms with Crippen LogP contribution in [0.25, 0.3) is 0 Å². The Morgan fingerprint density at radius 2 is 1.95 bits per heavy atom. The number of ketones is 1. The van der Waals surface area contributed by atoms with E-state index < -0.39 is 12.7 Å². The van der Waals surface area contributed by atoms with Crippen molar-refractivity contribution in [1.82, 2.24) is 4.90 Å². The number of Topliss-reactive ketones (excluding diaryl/α,β-unsaturated/α-hetero) is 1. The summed E-state index contributed by atoms with van der Waals surface area (Å²) in [6.45, 7) is 5.61. The molecule has 1 fully saturated rings. The first-order chi connectivity index (χ1) is 8.73. The van der Waals surface area contributed by atoms with Gasteiger partial charge in [0.15, 0.2) is 0 Å². The maximum Gasteiger partial charge on any atom is 0.401 e. The second kappa shape index (κ2) is 6.73. The molecule has 0 heterocycles. The molecule has 19 heavy (non-hydrogen) atoms. The topological polar surface area (TPSA) is 20.3 Å². The molecule has 1 rings (SSSR count). The molecule has 0 amide bonds. The second-order valence-corrected chi connectivity index (χ2v) is 5.95. The summed E-state index contributed by atoms with van der Waals surface area (Å²) >= 11 is 0. The SMILES string of the molecule is CCCN(CC1C(=O)CC(C)CC1C)CC(F)(F)F. The van der Waals surface area contributed by atoms with E-state index in [1.165, 1.54) is 4.90 Å². The Bertz CT molecular complexity index is 304. The quantitative estimate of drug-likeness (QED) is 0.767. The molecule has 1 saturated carbocycles. The predicted octanol–water partition coefficient (Wildman–Crippen LogP) is 3.51. The highest BCUT2D eigenvalue weighted by molar-refractivity contribution is 5.82. The molecule has 0 spiro atoms. The molecule has 0 radical (unpaired) electrons. The standard InChI is InChI=1S/C14H24F3NO/c1-4-5-18(9-14(15,16)17)8-12-11(3)6-10(2)7-13(12)19/h10-12H,4-9H2,1-3H3. The van der Waals surface area contributed by atoms with Gasteiger partial charge in [0, 0.05) is 18.9 Å². The number of halogens is 3. The molecule has 0 aliphatic heterocycles. The van der Waals surface area contributed by atoms with Gasteiger partial charge in [-0.3, -0.25) is 9.69 Å². The third kappa shape index (κ3) is 5.51. The largest absolute Gasteiger partial charge is 0.401 e. The van der Waals surface area contributed by atoms with Crippen LogP contribution >= 0.6 is 0 Å². The molecule has 112 valence electrons. The second-order valence-electron chi connectivity index (χ2n) is 5.95. The highest BCUT2D eigenvalue weighted by atomic mass is 19.4. The van der Waals surface area contributed by atoms with Gasteiger partial charge in [-0.05, 0) is 31.2 Å². The summed E-state index contributed by atoms with van der Waals surface area (Å²) in [5.74, 6) is 0.449. The van der Waals surface area contributed by atoms with E-state index in [-0.39, 0.29) is 24.2 Å². The Labute approximate surface area is 113 Å². The first kappa shape index (κ1) is 16.5. The Morgan fingerprint density at radius 3 is 2.42 bits per heavy atom. The summed E-state index contributed by atoms with van der Waals surface area (Å²) in [5, 5.41) is 0. The summed E-state index contributed by atoms with van der Waals surface area (Å²) in [5.41, 5.74) is 0. The molecular weight excluding hydrogens is 255 g/mol. The van der Waals surface area contributed by atoms with E-state index in [4.69, 9.17) is 0 Å². The Morgan fingerprint density at radius 1 is 1.32 bits per heavy atom. The van der Waals surface area contributed by atoms with Gasteiger partial charge in [-0.15, -0.1) is 0 Å². The number of hydrogen-bond acceptors (Lipinski definition) is 2. The molecule has 0 aromatic carbocycles. The maximum absolute atomic E-state index is 12.5. The molecule has 0 aromatic heterocycles. The molecule has 3 atom stereocenters. The number of rotatable bonds is 5. The van der Waals surface area contributed by atoms with E-state index in [9.17, 15) is 18.0 Å². The van der Waals surface area contributed by atoms with Crippen LogP contribution in [0.5, 0.6) is 0 Å². The average molecular weight is 279 g/mol. The zero-order valence-corrected chi connectivity index (χ0v) is 12.0. The zero-order valence-electron chi connectivity index (χ0n) is 12.0. The van der Waals surface area contributed by atoms with Crippen LogP contribution in [0.1, 0.15) is 40.0 Å². The van der Waals surface area contributed by atoms with Crippen molar-refractivity contribution >= 4 is 5.78 Å². The lowest BCUT2D eigenvalue weighted by atomic mass is 9.74. The third-order valence-electron chi connectivity index (χ3n) is 3.82. The van der Waals surface area contributed by atoms with Gasteiger partial charge in [0.1, 0.15) is 5.78 Å². The smallest absolute Gasteiger partial charge is 0.299 e. The number of hydrogen-bond donors (Lipinski definition) is 0. The van der Waals surface area contributed by atoms with Crippen molar-refractivity contribution in [3.63, 3.8) is 0 Å². The molecule has 0 N–H and O–H groups in total. The van der Waals surface area contributed by atoms with Crippen LogP contribution in [0, 0.1) is 17.8 Å².